The van der Waals surface area contributed by atoms with Crippen LogP contribution in [0.25, 0.3) is 0 Å². The predicted octanol–water partition coefficient (Wildman–Crippen LogP) is 2.48. The third-order valence-corrected chi connectivity index (χ3v) is 4.61. The zero-order valence-electron chi connectivity index (χ0n) is 9.45. The summed E-state index contributed by atoms with van der Waals surface area (Å²) in [5.41, 5.74) is 0.998. The lowest BCUT2D eigenvalue weighted by Crippen LogP contribution is -2.50. The molecule has 82 valence electrons. The molecule has 2 heterocycles. The molecule has 1 saturated heterocycles. The molecule has 4 bridgehead atoms. The minimum absolute atomic E-state index is 0.0804. The summed E-state index contributed by atoms with van der Waals surface area (Å²) >= 11 is 0. The summed E-state index contributed by atoms with van der Waals surface area (Å²) in [5.74, 6) is 0.752. The molecule has 0 aromatic rings. The summed E-state index contributed by atoms with van der Waals surface area (Å²) in [6.07, 6.45) is 6.69. The van der Waals surface area contributed by atoms with Gasteiger partial charge in [-0.3, -0.25) is 4.79 Å². The van der Waals surface area contributed by atoms with Gasteiger partial charge in [-0.15, -0.1) is 0 Å². The Kier molecular flexibility index (Phi) is 1.88. The quantitative estimate of drug-likeness (QED) is 0.569. The molecule has 1 saturated carbocycles. The lowest BCUT2D eigenvalue weighted by Gasteiger charge is -2.41. The van der Waals surface area contributed by atoms with E-state index in [1.165, 1.54) is 18.4 Å². The molecule has 0 spiro atoms. The van der Waals surface area contributed by atoms with Crippen molar-refractivity contribution >= 4 is 5.78 Å². The Bertz CT molecular complexity index is 344. The minimum atomic E-state index is -0.275. The lowest BCUT2D eigenvalue weighted by atomic mass is 9.76. The van der Waals surface area contributed by atoms with Crippen molar-refractivity contribution in [2.75, 3.05) is 0 Å². The standard InChI is InChI=1S/C13H18O2/c1-8-7-11-9-5-3-4-6-10(12(9)14)13(8,2)15-11/h7,9-11H,3-6H2,1-2H3/t9-,10-,11-,13+/m1/s1. The summed E-state index contributed by atoms with van der Waals surface area (Å²) < 4.78 is 6.10. The molecule has 3 aliphatic rings. The van der Waals surface area contributed by atoms with E-state index in [1.807, 2.05) is 0 Å². The van der Waals surface area contributed by atoms with Crippen molar-refractivity contribution in [2.24, 2.45) is 11.8 Å². The van der Waals surface area contributed by atoms with Gasteiger partial charge in [0.1, 0.15) is 5.78 Å². The first kappa shape index (κ1) is 9.59. The van der Waals surface area contributed by atoms with Gasteiger partial charge in [0.2, 0.25) is 0 Å². The van der Waals surface area contributed by atoms with E-state index in [0.717, 1.165) is 12.8 Å². The lowest BCUT2D eigenvalue weighted by molar-refractivity contribution is -0.159. The molecule has 1 aliphatic carbocycles. The second kappa shape index (κ2) is 2.94. The van der Waals surface area contributed by atoms with Crippen LogP contribution in [0.15, 0.2) is 11.6 Å². The first-order valence-corrected chi connectivity index (χ1v) is 6.03. The van der Waals surface area contributed by atoms with E-state index in [2.05, 4.69) is 19.9 Å². The van der Waals surface area contributed by atoms with Crippen LogP contribution >= 0.6 is 0 Å². The molecule has 0 N–H and O–H groups in total. The topological polar surface area (TPSA) is 26.3 Å². The number of hydrogen-bond acceptors (Lipinski definition) is 2. The molecular weight excluding hydrogens is 188 g/mol. The Morgan fingerprint density at radius 2 is 2.13 bits per heavy atom. The number of carbonyl (C=O) groups is 1. The van der Waals surface area contributed by atoms with E-state index in [0.29, 0.717) is 5.78 Å². The average Bonchev–Trinajstić information content (AvgIpc) is 2.35. The van der Waals surface area contributed by atoms with E-state index in [4.69, 9.17) is 4.74 Å². The van der Waals surface area contributed by atoms with Crippen molar-refractivity contribution in [1.29, 1.82) is 0 Å². The number of rotatable bonds is 0. The highest BCUT2D eigenvalue weighted by molar-refractivity contribution is 5.87. The molecule has 0 aromatic carbocycles. The van der Waals surface area contributed by atoms with Gasteiger partial charge in [0, 0.05) is 5.92 Å². The molecule has 4 atom stereocenters. The molecule has 2 heteroatoms. The second-order valence-electron chi connectivity index (χ2n) is 5.39. The number of ether oxygens (including phenoxy) is 1. The fourth-order valence-corrected chi connectivity index (χ4v) is 3.51. The predicted molar refractivity (Wildman–Crippen MR) is 57.5 cm³/mol. The molecule has 2 aliphatic heterocycles. The molecule has 0 radical (unpaired) electrons. The van der Waals surface area contributed by atoms with Crippen molar-refractivity contribution in [3.05, 3.63) is 11.6 Å². The van der Waals surface area contributed by atoms with E-state index in [9.17, 15) is 4.79 Å². The molecule has 15 heavy (non-hydrogen) atoms. The van der Waals surface area contributed by atoms with Gasteiger partial charge in [-0.1, -0.05) is 18.9 Å². The number of carbonyl (C=O) groups excluding carboxylic acids is 1. The molecule has 0 amide bonds. The van der Waals surface area contributed by atoms with Crippen molar-refractivity contribution in [3.8, 4) is 0 Å². The van der Waals surface area contributed by atoms with Crippen molar-refractivity contribution in [1.82, 2.24) is 0 Å². The molecule has 2 fully saturated rings. The maximum Gasteiger partial charge on any atom is 0.145 e. The van der Waals surface area contributed by atoms with Gasteiger partial charge >= 0.3 is 0 Å². The SMILES string of the molecule is CC1=C[C@H]2O[C@]1(C)[C@@H]1CCCC[C@H]2C1=O. The van der Waals surface area contributed by atoms with Crippen molar-refractivity contribution < 1.29 is 9.53 Å². The van der Waals surface area contributed by atoms with Crippen molar-refractivity contribution in [3.63, 3.8) is 0 Å². The van der Waals surface area contributed by atoms with Crippen LogP contribution in [0.1, 0.15) is 39.5 Å². The summed E-state index contributed by atoms with van der Waals surface area (Å²) in [6, 6.07) is 0. The van der Waals surface area contributed by atoms with Crippen LogP contribution in [0.2, 0.25) is 0 Å². The zero-order chi connectivity index (χ0) is 10.6. The van der Waals surface area contributed by atoms with E-state index >= 15 is 0 Å². The summed E-state index contributed by atoms with van der Waals surface area (Å²) in [4.78, 5) is 12.3. The van der Waals surface area contributed by atoms with Gasteiger partial charge in [0.15, 0.2) is 0 Å². The highest BCUT2D eigenvalue weighted by atomic mass is 16.5. The number of fused-ring (bicyclic) bond motifs is 6. The van der Waals surface area contributed by atoms with Gasteiger partial charge in [-0.2, -0.15) is 0 Å². The number of hydrogen-bond donors (Lipinski definition) is 0. The van der Waals surface area contributed by atoms with Crippen LogP contribution in [0.4, 0.5) is 0 Å². The van der Waals surface area contributed by atoms with Gasteiger partial charge in [-0.25, -0.2) is 0 Å². The fraction of sp³-hybridized carbons (Fsp3) is 0.769. The van der Waals surface area contributed by atoms with Crippen LogP contribution in [0.3, 0.4) is 0 Å². The summed E-state index contributed by atoms with van der Waals surface area (Å²) in [7, 11) is 0. The van der Waals surface area contributed by atoms with Gasteiger partial charge < -0.3 is 4.74 Å². The van der Waals surface area contributed by atoms with Gasteiger partial charge in [-0.05, 0) is 32.3 Å². The third-order valence-electron chi connectivity index (χ3n) is 4.61. The zero-order valence-corrected chi connectivity index (χ0v) is 9.45. The smallest absolute Gasteiger partial charge is 0.145 e. The summed E-state index contributed by atoms with van der Waals surface area (Å²) in [5, 5.41) is 0. The monoisotopic (exact) mass is 206 g/mol. The van der Waals surface area contributed by atoms with Crippen LogP contribution in [-0.2, 0) is 9.53 Å². The van der Waals surface area contributed by atoms with Gasteiger partial charge in [0.05, 0.1) is 17.6 Å². The highest BCUT2D eigenvalue weighted by Gasteiger charge is 2.55. The van der Waals surface area contributed by atoms with Gasteiger partial charge in [0.25, 0.3) is 0 Å². The second-order valence-corrected chi connectivity index (χ2v) is 5.39. The molecule has 3 rings (SSSR count). The van der Waals surface area contributed by atoms with Crippen LogP contribution in [0, 0.1) is 11.8 Å². The van der Waals surface area contributed by atoms with E-state index in [-0.39, 0.29) is 23.5 Å². The summed E-state index contributed by atoms with van der Waals surface area (Å²) in [6.45, 7) is 4.22. The fourth-order valence-electron chi connectivity index (χ4n) is 3.51. The Morgan fingerprint density at radius 1 is 1.40 bits per heavy atom. The first-order valence-electron chi connectivity index (χ1n) is 6.03. The normalized spacial score (nSPS) is 48.8. The number of Topliss-reactive ketones (excluding diaryl/α,β-unsaturated/α-hetero) is 1. The molecule has 0 aromatic heterocycles. The Labute approximate surface area is 90.7 Å². The van der Waals surface area contributed by atoms with E-state index in [1.54, 1.807) is 0 Å². The van der Waals surface area contributed by atoms with Crippen LogP contribution in [0.5, 0.6) is 0 Å². The Hall–Kier alpha value is -0.630. The highest BCUT2D eigenvalue weighted by Crippen LogP contribution is 2.49. The maximum atomic E-state index is 12.3. The Balaban J connectivity index is 2.08. The molecule has 2 nitrogen and oxygen atoms in total. The first-order chi connectivity index (χ1) is 7.13. The third kappa shape index (κ3) is 1.12. The van der Waals surface area contributed by atoms with Crippen LogP contribution in [-0.4, -0.2) is 17.5 Å². The largest absolute Gasteiger partial charge is 0.362 e. The number of ketones is 1. The van der Waals surface area contributed by atoms with E-state index < -0.39 is 0 Å². The molecule has 0 unspecified atom stereocenters. The van der Waals surface area contributed by atoms with Crippen LogP contribution < -0.4 is 0 Å². The maximum absolute atomic E-state index is 12.3. The minimum Gasteiger partial charge on any atom is -0.362 e. The average molecular weight is 206 g/mol. The van der Waals surface area contributed by atoms with Crippen molar-refractivity contribution in [2.45, 2.75) is 51.2 Å². The molecular formula is C13H18O2. The Morgan fingerprint density at radius 3 is 2.93 bits per heavy atom.